The minimum Gasteiger partial charge on any atom is -0.506 e. The first-order valence-electron chi connectivity index (χ1n) is 9.89. The number of alkyl halides is 3. The summed E-state index contributed by atoms with van der Waals surface area (Å²) in [6, 6.07) is 9.28. The summed E-state index contributed by atoms with van der Waals surface area (Å²) in [6.45, 7) is 4.42. The summed E-state index contributed by atoms with van der Waals surface area (Å²) in [5.74, 6) is -2.80. The third-order valence-electron chi connectivity index (χ3n) is 4.34. The van der Waals surface area contributed by atoms with E-state index in [0.717, 1.165) is 12.1 Å². The van der Waals surface area contributed by atoms with E-state index in [9.17, 15) is 32.7 Å². The van der Waals surface area contributed by atoms with Crippen molar-refractivity contribution in [2.45, 2.75) is 32.7 Å². The summed E-state index contributed by atoms with van der Waals surface area (Å²) in [5, 5.41) is 12.7. The molecule has 0 atom stereocenters. The number of aromatic hydroxyl groups is 1. The van der Waals surface area contributed by atoms with Crippen LogP contribution in [0.25, 0.3) is 22.1 Å². The van der Waals surface area contributed by atoms with Crippen LogP contribution in [0.1, 0.15) is 31.1 Å². The highest BCUT2D eigenvalue weighted by Gasteiger charge is 2.31. The van der Waals surface area contributed by atoms with Crippen molar-refractivity contribution in [2.75, 3.05) is 6.54 Å². The molecule has 0 saturated heterocycles. The van der Waals surface area contributed by atoms with Crippen LogP contribution in [0, 0.1) is 0 Å². The van der Waals surface area contributed by atoms with Gasteiger partial charge in [0.1, 0.15) is 29.2 Å². The van der Waals surface area contributed by atoms with Gasteiger partial charge in [-0.15, -0.1) is 13.2 Å². The average Bonchev–Trinajstić information content (AvgIpc) is 2.70. The van der Waals surface area contributed by atoms with Crippen molar-refractivity contribution in [1.29, 1.82) is 0 Å². The molecule has 2 N–H and O–H groups in total. The largest absolute Gasteiger partial charge is 0.573 e. The maximum Gasteiger partial charge on any atom is 0.573 e. The lowest BCUT2D eigenvalue weighted by Crippen LogP contribution is -2.36. The molecule has 1 heterocycles. The summed E-state index contributed by atoms with van der Waals surface area (Å²) in [6.07, 6.45) is -4.82. The van der Waals surface area contributed by atoms with Crippen molar-refractivity contribution >= 4 is 22.8 Å². The third kappa shape index (κ3) is 6.06. The zero-order valence-corrected chi connectivity index (χ0v) is 18.3. The van der Waals surface area contributed by atoms with E-state index in [1.54, 1.807) is 20.8 Å². The normalized spacial score (nSPS) is 11.8. The molecule has 11 heteroatoms. The van der Waals surface area contributed by atoms with Crippen LogP contribution in [0.4, 0.5) is 13.2 Å². The van der Waals surface area contributed by atoms with E-state index in [2.05, 4.69) is 10.1 Å². The number of esters is 1. The highest BCUT2D eigenvalue weighted by Crippen LogP contribution is 2.32. The van der Waals surface area contributed by atoms with Crippen LogP contribution in [-0.4, -0.2) is 35.5 Å². The van der Waals surface area contributed by atoms with Crippen molar-refractivity contribution < 1.29 is 41.8 Å². The SMILES string of the molecule is CC(C)(C)OC(=O)CNC(=O)c1c(O)c2ccc(-c3ccc(OC(F)(F)F)cc3)cc2oc1=O. The summed E-state index contributed by atoms with van der Waals surface area (Å²) >= 11 is 0. The quantitative estimate of drug-likeness (QED) is 0.418. The number of halogens is 3. The Labute approximate surface area is 190 Å². The molecular formula is C23H20F3NO7. The second-order valence-corrected chi connectivity index (χ2v) is 8.17. The van der Waals surface area contributed by atoms with Gasteiger partial charge in [-0.3, -0.25) is 9.59 Å². The van der Waals surface area contributed by atoms with E-state index in [4.69, 9.17) is 9.15 Å². The summed E-state index contributed by atoms with van der Waals surface area (Å²) < 4.78 is 51.0. The first-order valence-corrected chi connectivity index (χ1v) is 9.89. The van der Waals surface area contributed by atoms with Crippen molar-refractivity contribution in [3.8, 4) is 22.6 Å². The van der Waals surface area contributed by atoms with Gasteiger partial charge >= 0.3 is 18.0 Å². The zero-order chi connectivity index (χ0) is 25.3. The number of amides is 1. The molecule has 180 valence electrons. The lowest BCUT2D eigenvalue weighted by molar-refractivity contribution is -0.274. The number of fused-ring (bicyclic) bond motifs is 1. The van der Waals surface area contributed by atoms with E-state index in [1.165, 1.54) is 30.3 Å². The molecular weight excluding hydrogens is 459 g/mol. The highest BCUT2D eigenvalue weighted by molar-refractivity contribution is 6.02. The van der Waals surface area contributed by atoms with Gasteiger partial charge < -0.3 is 24.3 Å². The smallest absolute Gasteiger partial charge is 0.506 e. The van der Waals surface area contributed by atoms with Gasteiger partial charge in [-0.05, 0) is 56.2 Å². The molecule has 2 aromatic carbocycles. The van der Waals surface area contributed by atoms with Crippen molar-refractivity contribution in [1.82, 2.24) is 5.32 Å². The van der Waals surface area contributed by atoms with Crippen molar-refractivity contribution in [3.05, 3.63) is 58.4 Å². The Balaban J connectivity index is 1.85. The predicted molar refractivity (Wildman–Crippen MR) is 114 cm³/mol. The maximum atomic E-state index is 12.4. The molecule has 0 aliphatic rings. The Morgan fingerprint density at radius 3 is 2.24 bits per heavy atom. The minimum atomic E-state index is -4.82. The molecule has 0 aliphatic heterocycles. The van der Waals surface area contributed by atoms with Gasteiger partial charge in [-0.25, -0.2) is 4.79 Å². The van der Waals surface area contributed by atoms with Crippen LogP contribution >= 0.6 is 0 Å². The zero-order valence-electron chi connectivity index (χ0n) is 18.3. The molecule has 34 heavy (non-hydrogen) atoms. The lowest BCUT2D eigenvalue weighted by atomic mass is 10.0. The number of hydrogen-bond acceptors (Lipinski definition) is 7. The van der Waals surface area contributed by atoms with Gasteiger partial charge in [0.25, 0.3) is 5.91 Å². The van der Waals surface area contributed by atoms with E-state index in [1.807, 2.05) is 0 Å². The molecule has 3 rings (SSSR count). The molecule has 0 bridgehead atoms. The molecule has 1 amide bonds. The molecule has 3 aromatic rings. The minimum absolute atomic E-state index is 0.0443. The van der Waals surface area contributed by atoms with Crippen molar-refractivity contribution in [2.24, 2.45) is 0 Å². The summed E-state index contributed by atoms with van der Waals surface area (Å²) in [7, 11) is 0. The maximum absolute atomic E-state index is 12.4. The molecule has 0 radical (unpaired) electrons. The monoisotopic (exact) mass is 479 g/mol. The van der Waals surface area contributed by atoms with E-state index < -0.39 is 53.1 Å². The second-order valence-electron chi connectivity index (χ2n) is 8.17. The van der Waals surface area contributed by atoms with E-state index in [0.29, 0.717) is 11.1 Å². The number of rotatable bonds is 5. The predicted octanol–water partition coefficient (Wildman–Crippen LogP) is 4.14. The Hall–Kier alpha value is -4.02. The molecule has 0 saturated carbocycles. The van der Waals surface area contributed by atoms with Crippen LogP contribution in [0.3, 0.4) is 0 Å². The number of carbonyl (C=O) groups excluding carboxylic acids is 2. The molecule has 0 aliphatic carbocycles. The van der Waals surface area contributed by atoms with E-state index in [-0.39, 0.29) is 11.0 Å². The number of nitrogens with one attached hydrogen (secondary N) is 1. The lowest BCUT2D eigenvalue weighted by Gasteiger charge is -2.19. The average molecular weight is 479 g/mol. The van der Waals surface area contributed by atoms with Crippen LogP contribution in [0.5, 0.6) is 11.5 Å². The Morgan fingerprint density at radius 2 is 1.65 bits per heavy atom. The molecule has 0 unspecified atom stereocenters. The fourth-order valence-electron chi connectivity index (χ4n) is 3.03. The first kappa shape index (κ1) is 24.6. The molecule has 1 aromatic heterocycles. The van der Waals surface area contributed by atoms with Gasteiger partial charge in [0, 0.05) is 0 Å². The van der Waals surface area contributed by atoms with Gasteiger partial charge in [0.05, 0.1) is 5.39 Å². The fraction of sp³-hybridized carbons (Fsp3) is 0.261. The second kappa shape index (κ2) is 9.08. The number of carbonyl (C=O) groups is 2. The fourth-order valence-corrected chi connectivity index (χ4v) is 3.03. The third-order valence-corrected chi connectivity index (χ3v) is 4.34. The van der Waals surface area contributed by atoms with Gasteiger partial charge in [-0.2, -0.15) is 0 Å². The van der Waals surface area contributed by atoms with Crippen molar-refractivity contribution in [3.63, 3.8) is 0 Å². The highest BCUT2D eigenvalue weighted by atomic mass is 19.4. The topological polar surface area (TPSA) is 115 Å². The van der Waals surface area contributed by atoms with Gasteiger partial charge in [-0.1, -0.05) is 18.2 Å². The molecule has 0 fully saturated rings. The number of benzene rings is 2. The van der Waals surface area contributed by atoms with Crippen LogP contribution in [0.15, 0.2) is 51.7 Å². The standard InChI is InChI=1S/C23H20F3NO7/c1-22(2,3)34-17(28)11-27-20(30)18-19(29)15-9-6-13(10-16(15)32-21(18)31)12-4-7-14(8-5-12)33-23(24,25)26/h4-10,29H,11H2,1-3H3,(H,27,30). The Bertz CT molecular complexity index is 1290. The number of ether oxygens (including phenoxy) is 2. The first-order chi connectivity index (χ1) is 15.7. The summed E-state index contributed by atoms with van der Waals surface area (Å²) in [5.41, 5.74) is -1.70. The van der Waals surface area contributed by atoms with E-state index >= 15 is 0 Å². The van der Waals surface area contributed by atoms with Gasteiger partial charge in [0.15, 0.2) is 5.56 Å². The van der Waals surface area contributed by atoms with Crippen LogP contribution < -0.4 is 15.7 Å². The molecule has 0 spiro atoms. The Kier molecular flexibility index (Phi) is 6.58. The summed E-state index contributed by atoms with van der Waals surface area (Å²) in [4.78, 5) is 36.5. The van der Waals surface area contributed by atoms with Gasteiger partial charge in [0.2, 0.25) is 0 Å². The number of hydrogen-bond donors (Lipinski definition) is 2. The van der Waals surface area contributed by atoms with Crippen LogP contribution in [0.2, 0.25) is 0 Å². The Morgan fingerprint density at radius 1 is 1.03 bits per heavy atom. The molecule has 8 nitrogen and oxygen atoms in total. The van der Waals surface area contributed by atoms with Crippen LogP contribution in [-0.2, 0) is 9.53 Å².